The number of carbonyl (C=O) groups is 1. The van der Waals surface area contributed by atoms with Gasteiger partial charge in [-0.2, -0.15) is 0 Å². The molecule has 1 atom stereocenters. The van der Waals surface area contributed by atoms with Gasteiger partial charge in [0.25, 0.3) is 0 Å². The zero-order chi connectivity index (χ0) is 18.8. The number of hydrogen-bond acceptors (Lipinski definition) is 2. The van der Waals surface area contributed by atoms with Gasteiger partial charge in [-0.1, -0.05) is 53.5 Å². The van der Waals surface area contributed by atoms with Crippen LogP contribution in [-0.4, -0.2) is 41.9 Å². The fraction of sp³-hybridized carbons (Fsp3) is 0.409. The van der Waals surface area contributed by atoms with Gasteiger partial charge in [0.1, 0.15) is 0 Å². The van der Waals surface area contributed by atoms with Gasteiger partial charge in [-0.3, -0.25) is 4.79 Å². The van der Waals surface area contributed by atoms with Gasteiger partial charge in [-0.05, 0) is 61.2 Å². The fourth-order valence-electron chi connectivity index (χ4n) is 4.28. The highest BCUT2D eigenvalue weighted by Gasteiger charge is 2.32. The van der Waals surface area contributed by atoms with E-state index in [-0.39, 0.29) is 24.4 Å². The summed E-state index contributed by atoms with van der Waals surface area (Å²) in [7, 11) is 0. The van der Waals surface area contributed by atoms with E-state index in [9.17, 15) is 4.79 Å². The molecule has 0 spiro atoms. The van der Waals surface area contributed by atoms with E-state index in [0.717, 1.165) is 38.2 Å². The molecular weight excluding hydrogens is 415 g/mol. The van der Waals surface area contributed by atoms with E-state index in [1.807, 2.05) is 6.07 Å². The molecule has 2 heterocycles. The third-order valence-corrected chi connectivity index (χ3v) is 6.44. The van der Waals surface area contributed by atoms with E-state index < -0.39 is 0 Å². The topological polar surface area (TPSA) is 23.6 Å². The van der Waals surface area contributed by atoms with Gasteiger partial charge in [-0.15, -0.1) is 12.4 Å². The largest absolute Gasteiger partial charge is 0.334 e. The summed E-state index contributed by atoms with van der Waals surface area (Å²) < 4.78 is 0. The molecule has 4 rings (SSSR count). The lowest BCUT2D eigenvalue weighted by molar-refractivity contribution is -0.133. The predicted octanol–water partition coefficient (Wildman–Crippen LogP) is 5.18. The number of nitrogens with zero attached hydrogens (tertiary/aromatic N) is 2. The van der Waals surface area contributed by atoms with E-state index >= 15 is 0 Å². The summed E-state index contributed by atoms with van der Waals surface area (Å²) in [5.74, 6) is 0.159. The van der Waals surface area contributed by atoms with Crippen molar-refractivity contribution in [2.45, 2.75) is 31.7 Å². The van der Waals surface area contributed by atoms with Crippen LogP contribution in [0.4, 0.5) is 0 Å². The van der Waals surface area contributed by atoms with Gasteiger partial charge in [-0.25, -0.2) is 0 Å². The lowest BCUT2D eigenvalue weighted by atomic mass is 9.91. The molecule has 0 N–H and O–H groups in total. The summed E-state index contributed by atoms with van der Waals surface area (Å²) in [6.45, 7) is 3.96. The molecule has 28 heavy (non-hydrogen) atoms. The minimum atomic E-state index is 0. The van der Waals surface area contributed by atoms with Crippen molar-refractivity contribution in [2.75, 3.05) is 26.2 Å². The van der Waals surface area contributed by atoms with Crippen LogP contribution in [0.25, 0.3) is 0 Å². The Balaban J connectivity index is 0.00000225. The van der Waals surface area contributed by atoms with Crippen molar-refractivity contribution in [3.63, 3.8) is 0 Å². The standard InChI is InChI=1S/C22H24Cl2N2O.ClH/c23-19-8-7-16(13-20(19)24)14-22(27)26-12-9-17-5-1-2-6-18(17)21(26)15-25-10-3-4-11-25;/h1-2,5-8,13,21H,3-4,9-12,14-15H2;1H. The number of benzene rings is 2. The molecule has 150 valence electrons. The first-order valence-electron chi connectivity index (χ1n) is 9.65. The molecule has 1 unspecified atom stereocenters. The second-order valence-electron chi connectivity index (χ2n) is 7.48. The van der Waals surface area contributed by atoms with Gasteiger partial charge in [0.2, 0.25) is 5.91 Å². The number of fused-ring (bicyclic) bond motifs is 1. The smallest absolute Gasteiger partial charge is 0.227 e. The van der Waals surface area contributed by atoms with Crippen molar-refractivity contribution in [2.24, 2.45) is 0 Å². The molecule has 0 radical (unpaired) electrons. The summed E-state index contributed by atoms with van der Waals surface area (Å²) in [4.78, 5) is 17.8. The third kappa shape index (κ3) is 4.65. The zero-order valence-electron chi connectivity index (χ0n) is 15.7. The summed E-state index contributed by atoms with van der Waals surface area (Å²) in [5.41, 5.74) is 3.59. The highest BCUT2D eigenvalue weighted by Crippen LogP contribution is 2.32. The Kier molecular flexibility index (Phi) is 7.27. The molecule has 0 aliphatic carbocycles. The van der Waals surface area contributed by atoms with E-state index in [1.54, 1.807) is 12.1 Å². The van der Waals surface area contributed by atoms with E-state index in [0.29, 0.717) is 16.5 Å². The van der Waals surface area contributed by atoms with Crippen molar-refractivity contribution in [3.8, 4) is 0 Å². The quantitative estimate of drug-likeness (QED) is 0.655. The summed E-state index contributed by atoms with van der Waals surface area (Å²) >= 11 is 12.1. The van der Waals surface area contributed by atoms with Gasteiger partial charge < -0.3 is 9.80 Å². The maximum absolute atomic E-state index is 13.2. The van der Waals surface area contributed by atoms with Crippen LogP contribution in [-0.2, 0) is 17.6 Å². The lowest BCUT2D eigenvalue weighted by Gasteiger charge is -2.39. The summed E-state index contributed by atoms with van der Waals surface area (Å²) in [5, 5.41) is 1.02. The number of amides is 1. The molecule has 1 saturated heterocycles. The molecule has 6 heteroatoms. The first-order chi connectivity index (χ1) is 13.1. The van der Waals surface area contributed by atoms with Gasteiger partial charge in [0, 0.05) is 13.1 Å². The monoisotopic (exact) mass is 438 g/mol. The SMILES string of the molecule is Cl.O=C(Cc1ccc(Cl)c(Cl)c1)N1CCc2ccccc2C1CN1CCCC1. The molecule has 2 aromatic rings. The lowest BCUT2D eigenvalue weighted by Crippen LogP contribution is -2.45. The van der Waals surface area contributed by atoms with Crippen molar-refractivity contribution in [1.29, 1.82) is 0 Å². The second-order valence-corrected chi connectivity index (χ2v) is 8.30. The fourth-order valence-corrected chi connectivity index (χ4v) is 4.60. The molecular formula is C22H25Cl3N2O. The molecule has 2 aliphatic rings. The Bertz CT molecular complexity index is 836. The van der Waals surface area contributed by atoms with Crippen molar-refractivity contribution in [1.82, 2.24) is 9.80 Å². The molecule has 1 fully saturated rings. The minimum absolute atomic E-state index is 0. The van der Waals surface area contributed by atoms with E-state index in [1.165, 1.54) is 24.0 Å². The summed E-state index contributed by atoms with van der Waals surface area (Å²) in [6.07, 6.45) is 3.78. The van der Waals surface area contributed by atoms with Crippen LogP contribution >= 0.6 is 35.6 Å². The summed E-state index contributed by atoms with van der Waals surface area (Å²) in [6, 6.07) is 14.2. The number of hydrogen-bond donors (Lipinski definition) is 0. The molecule has 1 amide bonds. The maximum Gasteiger partial charge on any atom is 0.227 e. The van der Waals surface area contributed by atoms with Gasteiger partial charge in [0.15, 0.2) is 0 Å². The Morgan fingerprint density at radius 2 is 1.75 bits per heavy atom. The van der Waals surface area contributed by atoms with Crippen LogP contribution in [0.15, 0.2) is 42.5 Å². The van der Waals surface area contributed by atoms with E-state index in [2.05, 4.69) is 34.1 Å². The Morgan fingerprint density at radius 1 is 1.00 bits per heavy atom. The minimum Gasteiger partial charge on any atom is -0.334 e. The molecule has 3 nitrogen and oxygen atoms in total. The average molecular weight is 440 g/mol. The van der Waals surface area contributed by atoms with Crippen LogP contribution in [0.3, 0.4) is 0 Å². The molecule has 2 aliphatic heterocycles. The Labute approximate surface area is 183 Å². The number of halogens is 3. The van der Waals surface area contributed by atoms with Crippen LogP contribution in [0, 0.1) is 0 Å². The first kappa shape index (κ1) is 21.4. The van der Waals surface area contributed by atoms with Crippen LogP contribution in [0.5, 0.6) is 0 Å². The van der Waals surface area contributed by atoms with Gasteiger partial charge >= 0.3 is 0 Å². The maximum atomic E-state index is 13.2. The van der Waals surface area contributed by atoms with Crippen LogP contribution in [0.1, 0.15) is 35.6 Å². The molecule has 0 aromatic heterocycles. The average Bonchev–Trinajstić information content (AvgIpc) is 3.18. The van der Waals surface area contributed by atoms with Gasteiger partial charge in [0.05, 0.1) is 22.5 Å². The molecule has 2 aromatic carbocycles. The molecule has 0 bridgehead atoms. The predicted molar refractivity (Wildman–Crippen MR) is 118 cm³/mol. The highest BCUT2D eigenvalue weighted by molar-refractivity contribution is 6.42. The highest BCUT2D eigenvalue weighted by atomic mass is 35.5. The Morgan fingerprint density at radius 3 is 2.50 bits per heavy atom. The normalized spacial score (nSPS) is 19.2. The number of likely N-dealkylation sites (tertiary alicyclic amines) is 1. The first-order valence-corrected chi connectivity index (χ1v) is 10.4. The van der Waals surface area contributed by atoms with Crippen LogP contribution < -0.4 is 0 Å². The number of rotatable bonds is 4. The second kappa shape index (κ2) is 9.49. The number of carbonyl (C=O) groups excluding carboxylic acids is 1. The zero-order valence-corrected chi connectivity index (χ0v) is 18.1. The third-order valence-electron chi connectivity index (χ3n) is 5.70. The van der Waals surface area contributed by atoms with Crippen molar-refractivity contribution < 1.29 is 4.79 Å². The van der Waals surface area contributed by atoms with Crippen molar-refractivity contribution in [3.05, 3.63) is 69.2 Å². The molecule has 0 saturated carbocycles. The Hall–Kier alpha value is -1.26. The van der Waals surface area contributed by atoms with Crippen molar-refractivity contribution >= 4 is 41.5 Å². The van der Waals surface area contributed by atoms with Crippen LogP contribution in [0.2, 0.25) is 10.0 Å². The van der Waals surface area contributed by atoms with E-state index in [4.69, 9.17) is 23.2 Å².